The SMILES string of the molecule is Nc1cc(C2(c3ccc(O)c(N)c3)C3CC4(F)CC2CC(F)(C3)C4)ccc1O. The van der Waals surface area contributed by atoms with E-state index < -0.39 is 16.8 Å². The van der Waals surface area contributed by atoms with Crippen LogP contribution in [0.4, 0.5) is 20.2 Å². The van der Waals surface area contributed by atoms with Gasteiger partial charge in [0, 0.05) is 11.8 Å². The number of aromatic hydroxyl groups is 2. The summed E-state index contributed by atoms with van der Waals surface area (Å²) in [6, 6.07) is 10.1. The Hall–Kier alpha value is -2.50. The molecule has 0 radical (unpaired) electrons. The lowest BCUT2D eigenvalue weighted by Gasteiger charge is -2.65. The number of phenols is 2. The second-order valence-electron chi connectivity index (χ2n) is 9.11. The molecule has 0 saturated heterocycles. The first-order valence-electron chi connectivity index (χ1n) is 9.71. The molecule has 0 spiro atoms. The number of halogens is 2. The van der Waals surface area contributed by atoms with Crippen molar-refractivity contribution < 1.29 is 19.0 Å². The van der Waals surface area contributed by atoms with Gasteiger partial charge in [-0.1, -0.05) is 12.1 Å². The topological polar surface area (TPSA) is 92.5 Å². The number of alkyl halides is 2. The summed E-state index contributed by atoms with van der Waals surface area (Å²) in [7, 11) is 0. The van der Waals surface area contributed by atoms with E-state index in [1.54, 1.807) is 24.3 Å². The van der Waals surface area contributed by atoms with Crippen molar-refractivity contribution in [1.29, 1.82) is 0 Å². The Morgan fingerprint density at radius 2 is 1.14 bits per heavy atom. The number of hydrogen-bond donors (Lipinski definition) is 4. The highest BCUT2D eigenvalue weighted by atomic mass is 19.2. The lowest BCUT2D eigenvalue weighted by molar-refractivity contribution is -0.165. The van der Waals surface area contributed by atoms with E-state index in [1.807, 2.05) is 0 Å². The van der Waals surface area contributed by atoms with E-state index in [-0.39, 0.29) is 66.8 Å². The first-order valence-corrected chi connectivity index (χ1v) is 9.71. The van der Waals surface area contributed by atoms with Crippen molar-refractivity contribution >= 4 is 11.4 Å². The van der Waals surface area contributed by atoms with Gasteiger partial charge in [-0.3, -0.25) is 0 Å². The van der Waals surface area contributed by atoms with Crippen molar-refractivity contribution in [3.8, 4) is 11.5 Å². The molecule has 28 heavy (non-hydrogen) atoms. The first-order chi connectivity index (χ1) is 13.2. The van der Waals surface area contributed by atoms with Crippen LogP contribution in [0.3, 0.4) is 0 Å². The van der Waals surface area contributed by atoms with Crippen LogP contribution in [0.5, 0.6) is 11.5 Å². The van der Waals surface area contributed by atoms with Gasteiger partial charge in [-0.15, -0.1) is 0 Å². The number of phenolic OH excluding ortho intramolecular Hbond substituents is 2. The number of hydrogen-bond acceptors (Lipinski definition) is 4. The van der Waals surface area contributed by atoms with Crippen molar-refractivity contribution in [2.45, 2.75) is 48.9 Å². The molecule has 0 aromatic heterocycles. The van der Waals surface area contributed by atoms with Crippen LogP contribution < -0.4 is 11.5 Å². The molecule has 4 fully saturated rings. The van der Waals surface area contributed by atoms with E-state index in [0.29, 0.717) is 0 Å². The van der Waals surface area contributed by atoms with E-state index in [0.717, 1.165) is 11.1 Å². The first kappa shape index (κ1) is 17.6. The molecule has 4 aliphatic rings. The highest BCUT2D eigenvalue weighted by Gasteiger charge is 2.68. The number of anilines is 2. The van der Waals surface area contributed by atoms with Gasteiger partial charge in [0.15, 0.2) is 0 Å². The molecule has 6 heteroatoms. The fraction of sp³-hybridized carbons (Fsp3) is 0.455. The lowest BCUT2D eigenvalue weighted by Crippen LogP contribution is -2.65. The average Bonchev–Trinajstić information content (AvgIpc) is 2.58. The second-order valence-corrected chi connectivity index (χ2v) is 9.11. The summed E-state index contributed by atoms with van der Waals surface area (Å²) < 4.78 is 30.8. The molecule has 0 aliphatic heterocycles. The third-order valence-electron chi connectivity index (χ3n) is 7.38. The summed E-state index contributed by atoms with van der Waals surface area (Å²) in [6.45, 7) is 0. The number of benzene rings is 2. The van der Waals surface area contributed by atoms with E-state index in [1.165, 1.54) is 12.1 Å². The minimum atomic E-state index is -1.48. The molecule has 4 saturated carbocycles. The van der Waals surface area contributed by atoms with Gasteiger partial charge >= 0.3 is 0 Å². The molecule has 148 valence electrons. The maximum atomic E-state index is 15.4. The maximum absolute atomic E-state index is 15.4. The predicted molar refractivity (Wildman–Crippen MR) is 104 cm³/mol. The van der Waals surface area contributed by atoms with Crippen LogP contribution in [-0.2, 0) is 5.41 Å². The van der Waals surface area contributed by atoms with Crippen molar-refractivity contribution in [2.75, 3.05) is 11.5 Å². The molecular weight excluding hydrogens is 362 g/mol. The summed E-state index contributed by atoms with van der Waals surface area (Å²) in [5, 5.41) is 19.8. The maximum Gasteiger partial charge on any atom is 0.138 e. The van der Waals surface area contributed by atoms with Gasteiger partial charge in [0.05, 0.1) is 11.4 Å². The fourth-order valence-corrected chi connectivity index (χ4v) is 6.64. The minimum Gasteiger partial charge on any atom is -0.506 e. The Kier molecular flexibility index (Phi) is 3.33. The van der Waals surface area contributed by atoms with Gasteiger partial charge in [0.1, 0.15) is 22.8 Å². The number of nitrogen functional groups attached to an aromatic ring is 2. The summed E-state index contributed by atoms with van der Waals surface area (Å²) in [6.07, 6.45) is 1.14. The average molecular weight is 386 g/mol. The van der Waals surface area contributed by atoms with Crippen LogP contribution in [0, 0.1) is 11.8 Å². The lowest BCUT2D eigenvalue weighted by atomic mass is 9.40. The molecule has 4 bridgehead atoms. The van der Waals surface area contributed by atoms with Crippen LogP contribution in [-0.4, -0.2) is 21.6 Å². The quantitative estimate of drug-likeness (QED) is 0.460. The summed E-state index contributed by atoms with van der Waals surface area (Å²) in [4.78, 5) is 0. The van der Waals surface area contributed by atoms with Crippen LogP contribution in [0.2, 0.25) is 0 Å². The van der Waals surface area contributed by atoms with Gasteiger partial charge in [0.25, 0.3) is 0 Å². The highest BCUT2D eigenvalue weighted by molar-refractivity contribution is 5.61. The zero-order chi connectivity index (χ0) is 19.9. The number of nitrogens with two attached hydrogens (primary N) is 2. The Morgan fingerprint density at radius 3 is 1.50 bits per heavy atom. The molecule has 6 N–H and O–H groups in total. The van der Waals surface area contributed by atoms with Gasteiger partial charge < -0.3 is 21.7 Å². The monoisotopic (exact) mass is 386 g/mol. The van der Waals surface area contributed by atoms with Crippen molar-refractivity contribution in [2.24, 2.45) is 11.8 Å². The zero-order valence-corrected chi connectivity index (χ0v) is 15.5. The summed E-state index contributed by atoms with van der Waals surface area (Å²) >= 11 is 0. The van der Waals surface area contributed by atoms with Crippen LogP contribution in [0.1, 0.15) is 43.2 Å². The Bertz CT molecular complexity index is 888. The van der Waals surface area contributed by atoms with Crippen molar-refractivity contribution in [3.63, 3.8) is 0 Å². The molecule has 4 aliphatic carbocycles. The smallest absolute Gasteiger partial charge is 0.138 e. The molecular formula is C22H24F2N2O2. The van der Waals surface area contributed by atoms with Crippen molar-refractivity contribution in [3.05, 3.63) is 47.5 Å². The second kappa shape index (κ2) is 5.31. The predicted octanol–water partition coefficient (Wildman–Crippen LogP) is 4.19. The van der Waals surface area contributed by atoms with Crippen LogP contribution >= 0.6 is 0 Å². The fourth-order valence-electron chi connectivity index (χ4n) is 6.64. The third-order valence-corrected chi connectivity index (χ3v) is 7.38. The third kappa shape index (κ3) is 2.20. The molecule has 4 nitrogen and oxygen atoms in total. The van der Waals surface area contributed by atoms with Gasteiger partial charge in [-0.25, -0.2) is 8.78 Å². The molecule has 0 atom stereocenters. The Balaban J connectivity index is 1.77. The standard InChI is InChI=1S/C22H24F2N2O2/c23-20-7-14-8-21(24,11-20)10-15(9-20)22(14,12-1-3-18(27)16(25)5-12)13-2-4-19(28)17(26)6-13/h1-6,14-15,27-28H,7-11,25-26H2. The molecule has 2 aromatic carbocycles. The van der Waals surface area contributed by atoms with Gasteiger partial charge in [-0.05, 0) is 72.9 Å². The van der Waals surface area contributed by atoms with E-state index >= 15 is 8.78 Å². The van der Waals surface area contributed by atoms with E-state index in [9.17, 15) is 10.2 Å². The highest BCUT2D eigenvalue weighted by Crippen LogP contribution is 2.69. The summed E-state index contributed by atoms with van der Waals surface area (Å²) in [5.74, 6) is -0.540. The van der Waals surface area contributed by atoms with Crippen LogP contribution in [0.25, 0.3) is 0 Å². The van der Waals surface area contributed by atoms with Crippen molar-refractivity contribution in [1.82, 2.24) is 0 Å². The van der Waals surface area contributed by atoms with E-state index in [2.05, 4.69) is 0 Å². The number of rotatable bonds is 2. The molecule has 6 rings (SSSR count). The van der Waals surface area contributed by atoms with Gasteiger partial charge in [-0.2, -0.15) is 0 Å². The van der Waals surface area contributed by atoms with Gasteiger partial charge in [0.2, 0.25) is 0 Å². The largest absolute Gasteiger partial charge is 0.506 e. The van der Waals surface area contributed by atoms with E-state index in [4.69, 9.17) is 11.5 Å². The summed E-state index contributed by atoms with van der Waals surface area (Å²) in [5.41, 5.74) is 10.5. The normalized spacial score (nSPS) is 35.2. The molecule has 2 aromatic rings. The zero-order valence-electron chi connectivity index (χ0n) is 15.5. The van der Waals surface area contributed by atoms with Crippen LogP contribution in [0.15, 0.2) is 36.4 Å². The molecule has 0 heterocycles. The Morgan fingerprint density at radius 1 is 0.750 bits per heavy atom. The molecule has 0 unspecified atom stereocenters. The Labute approximate surface area is 162 Å². The minimum absolute atomic E-state index is 0.0154. The molecule has 0 amide bonds.